The van der Waals surface area contributed by atoms with Crippen LogP contribution in [0.3, 0.4) is 0 Å². The van der Waals surface area contributed by atoms with E-state index < -0.39 is 4.92 Å². The molecule has 0 aliphatic heterocycles. The SMILES string of the molecule is CC(=O)Nc1oc(-c2ccc(-c3cccc([N+](=O)[O-])c3)cc2O)nc1-c1ccccc1. The van der Waals surface area contributed by atoms with Gasteiger partial charge < -0.3 is 9.52 Å². The summed E-state index contributed by atoms with van der Waals surface area (Å²) < 4.78 is 5.75. The highest BCUT2D eigenvalue weighted by Crippen LogP contribution is 2.38. The van der Waals surface area contributed by atoms with Crippen molar-refractivity contribution in [2.75, 3.05) is 5.32 Å². The molecule has 0 bridgehead atoms. The third-order valence-electron chi connectivity index (χ3n) is 4.58. The number of oxazole rings is 1. The van der Waals surface area contributed by atoms with Crippen molar-refractivity contribution in [3.8, 4) is 39.6 Å². The zero-order valence-corrected chi connectivity index (χ0v) is 16.4. The number of nitro groups is 1. The highest BCUT2D eigenvalue weighted by Gasteiger charge is 2.20. The molecule has 0 spiro atoms. The Morgan fingerprint density at radius 3 is 2.39 bits per heavy atom. The van der Waals surface area contributed by atoms with Gasteiger partial charge in [0.05, 0.1) is 10.5 Å². The first kappa shape index (κ1) is 19.8. The summed E-state index contributed by atoms with van der Waals surface area (Å²) >= 11 is 0. The number of anilines is 1. The number of amides is 1. The molecule has 31 heavy (non-hydrogen) atoms. The van der Waals surface area contributed by atoms with Crippen molar-refractivity contribution in [2.45, 2.75) is 6.92 Å². The van der Waals surface area contributed by atoms with Crippen molar-refractivity contribution in [3.63, 3.8) is 0 Å². The summed E-state index contributed by atoms with van der Waals surface area (Å²) in [6, 6.07) is 20.1. The predicted octanol–water partition coefficient (Wildman–Crippen LogP) is 5.25. The summed E-state index contributed by atoms with van der Waals surface area (Å²) in [5.74, 6) is -0.120. The van der Waals surface area contributed by atoms with E-state index >= 15 is 0 Å². The Hall–Kier alpha value is -4.46. The summed E-state index contributed by atoms with van der Waals surface area (Å²) in [7, 11) is 0. The molecule has 0 saturated carbocycles. The third kappa shape index (κ3) is 4.13. The van der Waals surface area contributed by atoms with Crippen LogP contribution in [0.5, 0.6) is 5.75 Å². The van der Waals surface area contributed by atoms with E-state index in [0.717, 1.165) is 5.56 Å². The van der Waals surface area contributed by atoms with Crippen molar-refractivity contribution in [3.05, 3.63) is 82.9 Å². The zero-order valence-electron chi connectivity index (χ0n) is 16.4. The molecule has 0 atom stereocenters. The lowest BCUT2D eigenvalue weighted by molar-refractivity contribution is -0.384. The number of nitrogens with one attached hydrogen (secondary N) is 1. The average molecular weight is 415 g/mol. The van der Waals surface area contributed by atoms with Gasteiger partial charge >= 0.3 is 0 Å². The van der Waals surface area contributed by atoms with Gasteiger partial charge in [-0.2, -0.15) is 0 Å². The van der Waals surface area contributed by atoms with E-state index in [9.17, 15) is 20.0 Å². The van der Waals surface area contributed by atoms with Crippen LogP contribution in [0, 0.1) is 10.1 Å². The van der Waals surface area contributed by atoms with E-state index in [-0.39, 0.29) is 29.1 Å². The smallest absolute Gasteiger partial charge is 0.270 e. The van der Waals surface area contributed by atoms with Crippen LogP contribution in [0.15, 0.2) is 77.2 Å². The Morgan fingerprint density at radius 2 is 1.71 bits per heavy atom. The predicted molar refractivity (Wildman–Crippen MR) is 115 cm³/mol. The molecule has 0 saturated heterocycles. The largest absolute Gasteiger partial charge is 0.507 e. The topological polar surface area (TPSA) is 118 Å². The Balaban J connectivity index is 1.75. The van der Waals surface area contributed by atoms with Crippen LogP contribution in [0.25, 0.3) is 33.8 Å². The number of aromatic nitrogens is 1. The highest BCUT2D eigenvalue weighted by atomic mass is 16.6. The minimum absolute atomic E-state index is 0.0405. The summed E-state index contributed by atoms with van der Waals surface area (Å²) in [5.41, 5.74) is 2.65. The number of nitrogens with zero attached hydrogens (tertiary/aromatic N) is 2. The molecule has 1 amide bonds. The van der Waals surface area contributed by atoms with Gasteiger partial charge in [-0.1, -0.05) is 48.5 Å². The molecule has 3 aromatic carbocycles. The first-order valence-corrected chi connectivity index (χ1v) is 9.34. The molecule has 2 N–H and O–H groups in total. The molecular weight excluding hydrogens is 398 g/mol. The number of nitro benzene ring substituents is 1. The van der Waals surface area contributed by atoms with Crippen LogP contribution in [-0.4, -0.2) is 20.9 Å². The Labute approximate surface area is 177 Å². The lowest BCUT2D eigenvalue weighted by Crippen LogP contribution is -2.05. The molecule has 8 nitrogen and oxygen atoms in total. The third-order valence-corrected chi connectivity index (χ3v) is 4.58. The maximum Gasteiger partial charge on any atom is 0.270 e. The van der Waals surface area contributed by atoms with Gasteiger partial charge in [-0.15, -0.1) is 0 Å². The van der Waals surface area contributed by atoms with Gasteiger partial charge in [0.25, 0.3) is 5.69 Å². The van der Waals surface area contributed by atoms with E-state index in [1.807, 2.05) is 30.3 Å². The number of carbonyl (C=O) groups is 1. The number of hydrogen-bond donors (Lipinski definition) is 2. The van der Waals surface area contributed by atoms with Gasteiger partial charge in [0.2, 0.25) is 17.7 Å². The second kappa shape index (κ2) is 8.11. The van der Waals surface area contributed by atoms with E-state index in [0.29, 0.717) is 22.4 Å². The van der Waals surface area contributed by atoms with E-state index in [4.69, 9.17) is 4.42 Å². The van der Waals surface area contributed by atoms with E-state index in [2.05, 4.69) is 10.3 Å². The first-order valence-electron chi connectivity index (χ1n) is 9.34. The number of phenols is 1. The summed E-state index contributed by atoms with van der Waals surface area (Å²) in [5, 5.41) is 24.3. The van der Waals surface area contributed by atoms with Crippen LogP contribution >= 0.6 is 0 Å². The quantitative estimate of drug-likeness (QED) is 0.339. The van der Waals surface area contributed by atoms with Gasteiger partial charge in [-0.05, 0) is 23.3 Å². The number of aromatic hydroxyl groups is 1. The summed E-state index contributed by atoms with van der Waals surface area (Å²) in [6.07, 6.45) is 0. The standard InChI is InChI=1S/C23H17N3O5/c1-14(27)24-23-21(15-6-3-2-4-7-15)25-22(31-23)19-11-10-17(13-20(19)28)16-8-5-9-18(12-16)26(29)30/h2-13,28H,1H3,(H,24,27). The van der Waals surface area contributed by atoms with Crippen LogP contribution in [0.4, 0.5) is 11.6 Å². The molecule has 8 heteroatoms. The molecule has 4 aromatic rings. The molecule has 154 valence electrons. The monoisotopic (exact) mass is 415 g/mol. The Kier molecular flexibility index (Phi) is 5.19. The zero-order chi connectivity index (χ0) is 22.0. The second-order valence-corrected chi connectivity index (χ2v) is 6.78. The minimum Gasteiger partial charge on any atom is -0.507 e. The molecule has 0 fully saturated rings. The fraction of sp³-hybridized carbons (Fsp3) is 0.0435. The molecular formula is C23H17N3O5. The van der Waals surface area contributed by atoms with Gasteiger partial charge in [-0.25, -0.2) is 4.98 Å². The fourth-order valence-electron chi connectivity index (χ4n) is 3.16. The molecule has 0 aliphatic carbocycles. The number of non-ortho nitro benzene ring substituents is 1. The molecule has 4 rings (SSSR count). The molecule has 1 aromatic heterocycles. The minimum atomic E-state index is -0.473. The second-order valence-electron chi connectivity index (χ2n) is 6.78. The van der Waals surface area contributed by atoms with Gasteiger partial charge in [0.1, 0.15) is 11.4 Å². The van der Waals surface area contributed by atoms with Crippen molar-refractivity contribution >= 4 is 17.5 Å². The summed E-state index contributed by atoms with van der Waals surface area (Å²) in [4.78, 5) is 26.6. The van der Waals surface area contributed by atoms with E-state index in [1.54, 1.807) is 24.3 Å². The van der Waals surface area contributed by atoms with E-state index in [1.165, 1.54) is 25.1 Å². The fourth-order valence-corrected chi connectivity index (χ4v) is 3.16. The number of hydrogen-bond acceptors (Lipinski definition) is 6. The van der Waals surface area contributed by atoms with Crippen LogP contribution < -0.4 is 5.32 Å². The number of carbonyl (C=O) groups excluding carboxylic acids is 1. The maximum absolute atomic E-state index is 11.6. The lowest BCUT2D eigenvalue weighted by Gasteiger charge is -2.05. The maximum atomic E-state index is 11.6. The number of rotatable bonds is 5. The average Bonchev–Trinajstić information content (AvgIpc) is 3.17. The Morgan fingerprint density at radius 1 is 1.00 bits per heavy atom. The van der Waals surface area contributed by atoms with Gasteiger partial charge in [0, 0.05) is 24.6 Å². The van der Waals surface area contributed by atoms with Crippen LogP contribution in [0.1, 0.15) is 6.92 Å². The van der Waals surface area contributed by atoms with Crippen molar-refractivity contribution < 1.29 is 19.2 Å². The summed E-state index contributed by atoms with van der Waals surface area (Å²) in [6.45, 7) is 1.36. The van der Waals surface area contributed by atoms with Gasteiger partial charge in [-0.3, -0.25) is 20.2 Å². The lowest BCUT2D eigenvalue weighted by atomic mass is 10.0. The van der Waals surface area contributed by atoms with Crippen LogP contribution in [-0.2, 0) is 4.79 Å². The van der Waals surface area contributed by atoms with Crippen molar-refractivity contribution in [2.24, 2.45) is 0 Å². The van der Waals surface area contributed by atoms with Crippen molar-refractivity contribution in [1.29, 1.82) is 0 Å². The van der Waals surface area contributed by atoms with Crippen molar-refractivity contribution in [1.82, 2.24) is 4.98 Å². The molecule has 1 heterocycles. The number of phenolic OH excluding ortho intramolecular Hbond substituents is 1. The Bertz CT molecular complexity index is 1280. The normalized spacial score (nSPS) is 10.6. The van der Waals surface area contributed by atoms with Crippen LogP contribution in [0.2, 0.25) is 0 Å². The molecule has 0 aliphatic rings. The van der Waals surface area contributed by atoms with Gasteiger partial charge in [0.15, 0.2) is 0 Å². The highest BCUT2D eigenvalue weighted by molar-refractivity contribution is 5.91. The molecule has 0 unspecified atom stereocenters. The number of benzene rings is 3. The molecule has 0 radical (unpaired) electrons. The first-order chi connectivity index (χ1) is 14.9.